The van der Waals surface area contributed by atoms with Crippen LogP contribution >= 0.6 is 27.5 Å². The normalized spacial score (nSPS) is 14.2. The van der Waals surface area contributed by atoms with E-state index in [0.717, 1.165) is 32.1 Å². The van der Waals surface area contributed by atoms with Crippen LogP contribution in [-0.4, -0.2) is 24.8 Å². The van der Waals surface area contributed by atoms with Crippen LogP contribution in [0.4, 0.5) is 15.8 Å². The molecule has 0 aliphatic heterocycles. The summed E-state index contributed by atoms with van der Waals surface area (Å²) in [5, 5.41) is 8.41. The van der Waals surface area contributed by atoms with E-state index in [2.05, 4.69) is 31.9 Å². The molecule has 3 aromatic rings. The van der Waals surface area contributed by atoms with Crippen molar-refractivity contribution in [2.24, 2.45) is 5.92 Å². The quantitative estimate of drug-likeness (QED) is 0.238. The molecule has 0 heterocycles. The summed E-state index contributed by atoms with van der Waals surface area (Å²) in [6.45, 7) is 0. The Bertz CT molecular complexity index is 1380. The monoisotopic (exact) mass is 629 g/mol. The first-order valence-electron chi connectivity index (χ1n) is 13.0. The molecule has 4 rings (SSSR count). The summed E-state index contributed by atoms with van der Waals surface area (Å²) in [5.41, 5.74) is 1.57. The van der Waals surface area contributed by atoms with Crippen LogP contribution in [0.2, 0.25) is 5.02 Å². The van der Waals surface area contributed by atoms with Gasteiger partial charge in [-0.05, 0) is 54.8 Å². The number of hydrogen-bond acceptors (Lipinski definition) is 4. The Morgan fingerprint density at radius 1 is 1.00 bits per heavy atom. The molecule has 210 valence electrons. The van der Waals surface area contributed by atoms with Gasteiger partial charge in [-0.2, -0.15) is 0 Å². The average molecular weight is 631 g/mol. The second-order valence-corrected chi connectivity index (χ2v) is 10.9. The average Bonchev–Trinajstić information content (AvgIpc) is 2.95. The molecule has 3 aromatic carbocycles. The number of ether oxygens (including phenoxy) is 1. The summed E-state index contributed by atoms with van der Waals surface area (Å²) in [6, 6.07) is 15.5. The SMILES string of the molecule is COc1ccc(NC(=O)C(=O)NC(Cc2c(F)cccc2Cl)c2ccccc2Br)cc1NC(=O)C1CCCCC1. The third-order valence-electron chi connectivity index (χ3n) is 6.95. The topological polar surface area (TPSA) is 96.5 Å². The van der Waals surface area contributed by atoms with Crippen LogP contribution in [0.15, 0.2) is 65.1 Å². The van der Waals surface area contributed by atoms with Crippen molar-refractivity contribution >= 4 is 56.6 Å². The van der Waals surface area contributed by atoms with Gasteiger partial charge in [0.15, 0.2) is 0 Å². The fourth-order valence-electron chi connectivity index (χ4n) is 4.82. The number of benzene rings is 3. The third kappa shape index (κ3) is 7.40. The molecule has 0 bridgehead atoms. The fraction of sp³-hybridized carbons (Fsp3) is 0.300. The number of nitrogens with one attached hydrogen (secondary N) is 3. The highest BCUT2D eigenvalue weighted by Crippen LogP contribution is 2.32. The molecule has 3 N–H and O–H groups in total. The maximum atomic E-state index is 14.6. The smallest absolute Gasteiger partial charge is 0.313 e. The second-order valence-electron chi connectivity index (χ2n) is 9.65. The summed E-state index contributed by atoms with van der Waals surface area (Å²) in [7, 11) is 1.49. The van der Waals surface area contributed by atoms with E-state index in [9.17, 15) is 18.8 Å². The highest BCUT2D eigenvalue weighted by Gasteiger charge is 2.25. The summed E-state index contributed by atoms with van der Waals surface area (Å²) >= 11 is 9.72. The molecule has 1 fully saturated rings. The Balaban J connectivity index is 1.50. The van der Waals surface area contributed by atoms with Crippen LogP contribution in [0.25, 0.3) is 0 Å². The van der Waals surface area contributed by atoms with Gasteiger partial charge in [-0.1, -0.05) is 71.1 Å². The van der Waals surface area contributed by atoms with Gasteiger partial charge >= 0.3 is 11.8 Å². The second kappa shape index (κ2) is 13.8. The first-order chi connectivity index (χ1) is 19.3. The minimum absolute atomic E-state index is 0.0209. The Morgan fingerprint density at radius 3 is 2.45 bits per heavy atom. The molecule has 0 spiro atoms. The van der Waals surface area contributed by atoms with Gasteiger partial charge in [-0.25, -0.2) is 4.39 Å². The van der Waals surface area contributed by atoms with Crippen LogP contribution < -0.4 is 20.7 Å². The van der Waals surface area contributed by atoms with Crippen LogP contribution in [0, 0.1) is 11.7 Å². The summed E-state index contributed by atoms with van der Waals surface area (Å²) < 4.78 is 20.7. The van der Waals surface area contributed by atoms with E-state index in [1.54, 1.807) is 42.5 Å². The maximum absolute atomic E-state index is 14.6. The molecule has 1 aliphatic rings. The molecule has 1 unspecified atom stereocenters. The molecule has 0 saturated heterocycles. The van der Waals surface area contributed by atoms with E-state index in [1.165, 1.54) is 19.2 Å². The van der Waals surface area contributed by atoms with Crippen molar-refractivity contribution in [1.29, 1.82) is 0 Å². The number of hydrogen-bond donors (Lipinski definition) is 3. The Morgan fingerprint density at radius 2 is 1.75 bits per heavy atom. The van der Waals surface area contributed by atoms with Crippen LogP contribution in [0.1, 0.15) is 49.3 Å². The number of amides is 3. The number of anilines is 2. The van der Waals surface area contributed by atoms with Gasteiger partial charge in [0, 0.05) is 33.1 Å². The Hall–Kier alpha value is -3.43. The van der Waals surface area contributed by atoms with Crippen molar-refractivity contribution in [3.63, 3.8) is 0 Å². The van der Waals surface area contributed by atoms with Gasteiger partial charge in [0.1, 0.15) is 11.6 Å². The molecule has 0 aromatic heterocycles. The van der Waals surface area contributed by atoms with Crippen LogP contribution in [-0.2, 0) is 20.8 Å². The van der Waals surface area contributed by atoms with E-state index in [4.69, 9.17) is 16.3 Å². The number of methoxy groups -OCH3 is 1. The lowest BCUT2D eigenvalue weighted by molar-refractivity contribution is -0.136. The number of halogens is 3. The molecule has 1 atom stereocenters. The van der Waals surface area contributed by atoms with Crippen molar-refractivity contribution in [1.82, 2.24) is 5.32 Å². The zero-order valence-electron chi connectivity index (χ0n) is 21.9. The predicted molar refractivity (Wildman–Crippen MR) is 157 cm³/mol. The van der Waals surface area contributed by atoms with Gasteiger partial charge in [0.2, 0.25) is 5.91 Å². The molecule has 0 radical (unpaired) electrons. The van der Waals surface area contributed by atoms with Gasteiger partial charge < -0.3 is 20.7 Å². The molecular weight excluding hydrogens is 601 g/mol. The zero-order chi connectivity index (χ0) is 28.6. The van der Waals surface area contributed by atoms with Gasteiger partial charge in [-0.3, -0.25) is 14.4 Å². The van der Waals surface area contributed by atoms with Crippen molar-refractivity contribution in [3.05, 3.63) is 87.1 Å². The van der Waals surface area contributed by atoms with Crippen LogP contribution in [0.3, 0.4) is 0 Å². The maximum Gasteiger partial charge on any atom is 0.313 e. The van der Waals surface area contributed by atoms with Crippen LogP contribution in [0.5, 0.6) is 5.75 Å². The molecule has 1 saturated carbocycles. The lowest BCUT2D eigenvalue weighted by atomic mass is 9.88. The number of rotatable bonds is 8. The molecule has 7 nitrogen and oxygen atoms in total. The minimum atomic E-state index is -0.925. The van der Waals surface area contributed by atoms with Crippen molar-refractivity contribution in [2.75, 3.05) is 17.7 Å². The van der Waals surface area contributed by atoms with Gasteiger partial charge in [-0.15, -0.1) is 0 Å². The van der Waals surface area contributed by atoms with Crippen molar-refractivity contribution in [2.45, 2.75) is 44.6 Å². The summed E-state index contributed by atoms with van der Waals surface area (Å²) in [5.74, 6) is -2.09. The Kier molecular flexibility index (Phi) is 10.2. The number of carbonyl (C=O) groups is 3. The van der Waals surface area contributed by atoms with Crippen molar-refractivity contribution < 1.29 is 23.5 Å². The van der Waals surface area contributed by atoms with E-state index < -0.39 is 23.7 Å². The molecular formula is C30H30BrClFN3O4. The Labute approximate surface area is 246 Å². The lowest BCUT2D eigenvalue weighted by Crippen LogP contribution is -2.38. The first kappa shape index (κ1) is 29.6. The summed E-state index contributed by atoms with van der Waals surface area (Å²) in [4.78, 5) is 38.8. The summed E-state index contributed by atoms with van der Waals surface area (Å²) in [6.07, 6.45) is 4.86. The molecule has 1 aliphatic carbocycles. The highest BCUT2D eigenvalue weighted by molar-refractivity contribution is 9.10. The molecule has 10 heteroatoms. The predicted octanol–water partition coefficient (Wildman–Crippen LogP) is 6.81. The van der Waals surface area contributed by atoms with E-state index in [1.807, 2.05) is 6.07 Å². The lowest BCUT2D eigenvalue weighted by Gasteiger charge is -2.22. The van der Waals surface area contributed by atoms with E-state index >= 15 is 0 Å². The van der Waals surface area contributed by atoms with Gasteiger partial charge in [0.05, 0.1) is 18.8 Å². The van der Waals surface area contributed by atoms with E-state index in [0.29, 0.717) is 27.2 Å². The molecule has 40 heavy (non-hydrogen) atoms. The fourth-order valence-corrected chi connectivity index (χ4v) is 5.62. The highest BCUT2D eigenvalue weighted by atomic mass is 79.9. The largest absolute Gasteiger partial charge is 0.495 e. The number of carbonyl (C=O) groups excluding carboxylic acids is 3. The first-order valence-corrected chi connectivity index (χ1v) is 14.2. The minimum Gasteiger partial charge on any atom is -0.495 e. The van der Waals surface area contributed by atoms with Gasteiger partial charge in [0.25, 0.3) is 0 Å². The standard InChI is InChI=1S/C30H30BrClFN3O4/c1-40-27-15-14-19(16-26(27)36-28(37)18-8-3-2-4-9-18)34-29(38)30(39)35-25(20-10-5-6-11-22(20)31)17-21-23(32)12-7-13-24(21)33/h5-7,10-16,18,25H,2-4,8-9,17H2,1H3,(H,34,38)(H,35,39)(H,36,37). The molecule has 3 amide bonds. The van der Waals surface area contributed by atoms with Crippen molar-refractivity contribution in [3.8, 4) is 5.75 Å². The van der Waals surface area contributed by atoms with E-state index in [-0.39, 0.29) is 28.8 Å². The zero-order valence-corrected chi connectivity index (χ0v) is 24.3. The third-order valence-corrected chi connectivity index (χ3v) is 8.03.